The molecule has 0 aromatic carbocycles. The van der Waals surface area contributed by atoms with Gasteiger partial charge in [0.1, 0.15) is 0 Å². The van der Waals surface area contributed by atoms with Crippen molar-refractivity contribution in [2.24, 2.45) is 11.8 Å². The van der Waals surface area contributed by atoms with Crippen molar-refractivity contribution in [3.8, 4) is 0 Å². The van der Waals surface area contributed by atoms with Crippen LogP contribution < -0.4 is 10.6 Å². The molecule has 0 radical (unpaired) electrons. The van der Waals surface area contributed by atoms with Crippen LogP contribution in [0.4, 0.5) is 0 Å². The maximum atomic E-state index is 11.6. The van der Waals surface area contributed by atoms with Crippen LogP contribution in [-0.4, -0.2) is 25.0 Å². The highest BCUT2D eigenvalue weighted by atomic mass is 16.1. The van der Waals surface area contributed by atoms with Crippen LogP contribution in [0, 0.1) is 11.8 Å². The molecule has 2 rings (SSSR count). The highest BCUT2D eigenvalue weighted by Gasteiger charge is 2.20. The molecule has 2 aliphatic carbocycles. The van der Waals surface area contributed by atoms with Crippen molar-refractivity contribution in [2.75, 3.05) is 13.1 Å². The van der Waals surface area contributed by atoms with E-state index in [1.165, 1.54) is 44.9 Å². The minimum atomic E-state index is 0.215. The first-order chi connectivity index (χ1) is 8.74. The van der Waals surface area contributed by atoms with Gasteiger partial charge in [0.05, 0.1) is 0 Å². The number of rotatable bonds is 7. The van der Waals surface area contributed by atoms with Gasteiger partial charge in [0.15, 0.2) is 0 Å². The van der Waals surface area contributed by atoms with Crippen LogP contribution in [0.3, 0.4) is 0 Å². The zero-order valence-corrected chi connectivity index (χ0v) is 11.7. The average Bonchev–Trinajstić information content (AvgIpc) is 3.13. The standard InChI is InChI=1S/C15H28N2O/c1-12-3-2-4-13(11-12)7-9-17-15(18)8-10-16-14-5-6-14/h12-14,16H,2-11H2,1H3,(H,17,18). The molecule has 1 amide bonds. The van der Waals surface area contributed by atoms with Crippen molar-refractivity contribution in [1.29, 1.82) is 0 Å². The number of amides is 1. The molecule has 0 bridgehead atoms. The Hall–Kier alpha value is -0.570. The average molecular weight is 252 g/mol. The molecule has 0 heterocycles. The molecule has 2 fully saturated rings. The Morgan fingerprint density at radius 1 is 1.17 bits per heavy atom. The fourth-order valence-corrected chi connectivity index (χ4v) is 3.00. The first-order valence-electron chi connectivity index (χ1n) is 7.74. The van der Waals surface area contributed by atoms with Crippen LogP contribution in [0.1, 0.15) is 58.3 Å². The Balaban J connectivity index is 1.47. The SMILES string of the molecule is CC1CCCC(CCNC(=O)CCNC2CC2)C1. The van der Waals surface area contributed by atoms with Gasteiger partial charge >= 0.3 is 0 Å². The lowest BCUT2D eigenvalue weighted by Gasteiger charge is -2.26. The summed E-state index contributed by atoms with van der Waals surface area (Å²) < 4.78 is 0. The lowest BCUT2D eigenvalue weighted by atomic mass is 9.81. The van der Waals surface area contributed by atoms with E-state index in [4.69, 9.17) is 0 Å². The topological polar surface area (TPSA) is 41.1 Å². The molecular formula is C15H28N2O. The second-order valence-corrected chi connectivity index (χ2v) is 6.25. The van der Waals surface area contributed by atoms with E-state index >= 15 is 0 Å². The molecule has 3 nitrogen and oxygen atoms in total. The summed E-state index contributed by atoms with van der Waals surface area (Å²) in [6.45, 7) is 4.07. The van der Waals surface area contributed by atoms with E-state index < -0.39 is 0 Å². The summed E-state index contributed by atoms with van der Waals surface area (Å²) in [5.41, 5.74) is 0. The van der Waals surface area contributed by atoms with Gasteiger partial charge in [-0.15, -0.1) is 0 Å². The van der Waals surface area contributed by atoms with Gasteiger partial charge in [-0.3, -0.25) is 4.79 Å². The Morgan fingerprint density at radius 2 is 2.00 bits per heavy atom. The summed E-state index contributed by atoms with van der Waals surface area (Å²) in [5.74, 6) is 1.95. The lowest BCUT2D eigenvalue weighted by Crippen LogP contribution is -2.30. The van der Waals surface area contributed by atoms with Crippen LogP contribution in [0.15, 0.2) is 0 Å². The van der Waals surface area contributed by atoms with E-state index in [0.29, 0.717) is 12.5 Å². The van der Waals surface area contributed by atoms with Crippen molar-refractivity contribution in [2.45, 2.75) is 64.3 Å². The summed E-state index contributed by atoms with van der Waals surface area (Å²) in [5, 5.41) is 6.43. The zero-order chi connectivity index (χ0) is 12.8. The fourth-order valence-electron chi connectivity index (χ4n) is 3.00. The lowest BCUT2D eigenvalue weighted by molar-refractivity contribution is -0.121. The van der Waals surface area contributed by atoms with Crippen LogP contribution in [0.2, 0.25) is 0 Å². The van der Waals surface area contributed by atoms with Gasteiger partial charge < -0.3 is 10.6 Å². The predicted octanol–water partition coefficient (Wildman–Crippen LogP) is 2.46. The Kier molecular flexibility index (Phi) is 5.48. The molecular weight excluding hydrogens is 224 g/mol. The van der Waals surface area contributed by atoms with Gasteiger partial charge in [-0.05, 0) is 37.5 Å². The van der Waals surface area contributed by atoms with Crippen molar-refractivity contribution in [1.82, 2.24) is 10.6 Å². The minimum absolute atomic E-state index is 0.215. The third-order valence-electron chi connectivity index (χ3n) is 4.28. The smallest absolute Gasteiger partial charge is 0.221 e. The van der Waals surface area contributed by atoms with Crippen molar-refractivity contribution in [3.05, 3.63) is 0 Å². The third kappa shape index (κ3) is 5.38. The molecule has 0 aromatic heterocycles. The predicted molar refractivity (Wildman–Crippen MR) is 74.4 cm³/mol. The molecule has 104 valence electrons. The van der Waals surface area contributed by atoms with Gasteiger partial charge in [0, 0.05) is 25.6 Å². The Morgan fingerprint density at radius 3 is 2.72 bits per heavy atom. The second kappa shape index (κ2) is 7.13. The van der Waals surface area contributed by atoms with Gasteiger partial charge in [0.2, 0.25) is 5.91 Å². The van der Waals surface area contributed by atoms with Crippen LogP contribution in [-0.2, 0) is 4.79 Å². The molecule has 0 saturated heterocycles. The van der Waals surface area contributed by atoms with Gasteiger partial charge in [-0.25, -0.2) is 0 Å². The number of hydrogen-bond acceptors (Lipinski definition) is 2. The Bertz CT molecular complexity index is 263. The van der Waals surface area contributed by atoms with Crippen molar-refractivity contribution >= 4 is 5.91 Å². The van der Waals surface area contributed by atoms with E-state index in [9.17, 15) is 4.79 Å². The number of carbonyl (C=O) groups is 1. The molecule has 2 unspecified atom stereocenters. The van der Waals surface area contributed by atoms with Crippen molar-refractivity contribution in [3.63, 3.8) is 0 Å². The summed E-state index contributed by atoms with van der Waals surface area (Å²) in [7, 11) is 0. The van der Waals surface area contributed by atoms with Gasteiger partial charge in [-0.1, -0.05) is 26.2 Å². The number of carbonyl (C=O) groups excluding carboxylic acids is 1. The highest BCUT2D eigenvalue weighted by Crippen LogP contribution is 2.30. The third-order valence-corrected chi connectivity index (χ3v) is 4.28. The van der Waals surface area contributed by atoms with Crippen molar-refractivity contribution < 1.29 is 4.79 Å². The highest BCUT2D eigenvalue weighted by molar-refractivity contribution is 5.76. The molecule has 3 heteroatoms. The van der Waals surface area contributed by atoms with Crippen LogP contribution >= 0.6 is 0 Å². The second-order valence-electron chi connectivity index (χ2n) is 6.25. The monoisotopic (exact) mass is 252 g/mol. The van der Waals surface area contributed by atoms with E-state index in [0.717, 1.165) is 24.9 Å². The zero-order valence-electron chi connectivity index (χ0n) is 11.7. The summed E-state index contributed by atoms with van der Waals surface area (Å²) in [6, 6.07) is 0.710. The first-order valence-corrected chi connectivity index (χ1v) is 7.74. The number of hydrogen-bond donors (Lipinski definition) is 2. The molecule has 0 aromatic rings. The molecule has 2 atom stereocenters. The molecule has 2 N–H and O–H groups in total. The quantitative estimate of drug-likeness (QED) is 0.731. The summed E-state index contributed by atoms with van der Waals surface area (Å²) >= 11 is 0. The maximum absolute atomic E-state index is 11.6. The molecule has 0 aliphatic heterocycles. The maximum Gasteiger partial charge on any atom is 0.221 e. The number of nitrogens with one attached hydrogen (secondary N) is 2. The van der Waals surface area contributed by atoms with E-state index in [-0.39, 0.29) is 5.91 Å². The minimum Gasteiger partial charge on any atom is -0.356 e. The fraction of sp³-hybridized carbons (Fsp3) is 0.933. The van der Waals surface area contributed by atoms with Crippen LogP contribution in [0.5, 0.6) is 0 Å². The molecule has 0 spiro atoms. The van der Waals surface area contributed by atoms with E-state index in [1.54, 1.807) is 0 Å². The molecule has 2 saturated carbocycles. The largest absolute Gasteiger partial charge is 0.356 e. The normalized spacial score (nSPS) is 28.1. The van der Waals surface area contributed by atoms with E-state index in [1.807, 2.05) is 0 Å². The van der Waals surface area contributed by atoms with Gasteiger partial charge in [-0.2, -0.15) is 0 Å². The summed E-state index contributed by atoms with van der Waals surface area (Å²) in [4.78, 5) is 11.6. The van der Waals surface area contributed by atoms with E-state index in [2.05, 4.69) is 17.6 Å². The van der Waals surface area contributed by atoms with Crippen LogP contribution in [0.25, 0.3) is 0 Å². The van der Waals surface area contributed by atoms with Gasteiger partial charge in [0.25, 0.3) is 0 Å². The summed E-state index contributed by atoms with van der Waals surface area (Å²) in [6.07, 6.45) is 9.90. The molecule has 18 heavy (non-hydrogen) atoms. The molecule has 2 aliphatic rings. The first kappa shape index (κ1) is 13.9. The Labute approximate surface area is 111 Å².